The number of likely N-dealkylation sites (tertiary alicyclic amines) is 1. The molecule has 110 valence electrons. The molecule has 2 N–H and O–H groups in total. The van der Waals surface area contributed by atoms with E-state index in [1.54, 1.807) is 0 Å². The van der Waals surface area contributed by atoms with Gasteiger partial charge in [-0.05, 0) is 42.6 Å². The third kappa shape index (κ3) is 3.54. The van der Waals surface area contributed by atoms with Gasteiger partial charge in [0, 0.05) is 17.6 Å². The summed E-state index contributed by atoms with van der Waals surface area (Å²) in [5.41, 5.74) is 9.09. The van der Waals surface area contributed by atoms with E-state index in [0.717, 1.165) is 36.9 Å². The zero-order valence-corrected chi connectivity index (χ0v) is 13.7. The van der Waals surface area contributed by atoms with E-state index < -0.39 is 0 Å². The molecule has 21 heavy (non-hydrogen) atoms. The molecule has 2 nitrogen and oxygen atoms in total. The molecule has 1 saturated heterocycles. The molecule has 0 aromatic heterocycles. The van der Waals surface area contributed by atoms with Crippen molar-refractivity contribution in [2.75, 3.05) is 13.1 Å². The normalized spacial score (nSPS) is 23.1. The highest BCUT2D eigenvalue weighted by atomic mass is 79.9. The maximum atomic E-state index is 6.72. The van der Waals surface area contributed by atoms with Crippen LogP contribution in [0.4, 0.5) is 0 Å². The van der Waals surface area contributed by atoms with Crippen LogP contribution in [-0.4, -0.2) is 18.0 Å². The molecule has 0 aliphatic carbocycles. The van der Waals surface area contributed by atoms with E-state index >= 15 is 0 Å². The van der Waals surface area contributed by atoms with Crippen LogP contribution in [0.3, 0.4) is 0 Å². The summed E-state index contributed by atoms with van der Waals surface area (Å²) in [6.45, 7) is 3.03. The van der Waals surface area contributed by atoms with Gasteiger partial charge in [-0.2, -0.15) is 0 Å². The Bertz CT molecular complexity index is 582. The largest absolute Gasteiger partial charge is 0.320 e. The molecule has 2 aromatic carbocycles. The van der Waals surface area contributed by atoms with Gasteiger partial charge in [0.15, 0.2) is 0 Å². The minimum Gasteiger partial charge on any atom is -0.320 e. The number of hydrogen-bond acceptors (Lipinski definition) is 2. The fourth-order valence-corrected chi connectivity index (χ4v) is 3.43. The first-order valence-corrected chi connectivity index (χ1v) is 8.26. The Morgan fingerprint density at radius 2 is 1.76 bits per heavy atom. The van der Waals surface area contributed by atoms with Crippen molar-refractivity contribution in [3.63, 3.8) is 0 Å². The van der Waals surface area contributed by atoms with Gasteiger partial charge in [0.25, 0.3) is 0 Å². The summed E-state index contributed by atoms with van der Waals surface area (Å²) in [6, 6.07) is 19.1. The summed E-state index contributed by atoms with van der Waals surface area (Å²) in [4.78, 5) is 2.47. The van der Waals surface area contributed by atoms with Crippen molar-refractivity contribution < 1.29 is 0 Å². The lowest BCUT2D eigenvalue weighted by Crippen LogP contribution is -2.51. The quantitative estimate of drug-likeness (QED) is 0.914. The predicted molar refractivity (Wildman–Crippen MR) is 91.0 cm³/mol. The van der Waals surface area contributed by atoms with Crippen LogP contribution in [0.1, 0.15) is 24.0 Å². The summed E-state index contributed by atoms with van der Waals surface area (Å²) in [5.74, 6) is 0. The lowest BCUT2D eigenvalue weighted by Gasteiger charge is -2.40. The molecule has 1 heterocycles. The average Bonchev–Trinajstić information content (AvgIpc) is 2.49. The van der Waals surface area contributed by atoms with Crippen molar-refractivity contribution in [1.29, 1.82) is 0 Å². The number of nitrogens with two attached hydrogens (primary N) is 1. The third-order valence-electron chi connectivity index (χ3n) is 4.27. The van der Waals surface area contributed by atoms with Crippen LogP contribution in [0.25, 0.3) is 0 Å². The second-order valence-electron chi connectivity index (χ2n) is 5.96. The zero-order valence-electron chi connectivity index (χ0n) is 12.1. The van der Waals surface area contributed by atoms with Crippen LogP contribution in [0.2, 0.25) is 0 Å². The molecule has 0 saturated carbocycles. The van der Waals surface area contributed by atoms with E-state index in [1.807, 2.05) is 0 Å². The van der Waals surface area contributed by atoms with Gasteiger partial charge in [-0.1, -0.05) is 58.4 Å². The van der Waals surface area contributed by atoms with E-state index in [0.29, 0.717) is 0 Å². The van der Waals surface area contributed by atoms with E-state index in [4.69, 9.17) is 5.73 Å². The lowest BCUT2D eigenvalue weighted by molar-refractivity contribution is 0.142. The summed E-state index contributed by atoms with van der Waals surface area (Å²) < 4.78 is 1.10. The van der Waals surface area contributed by atoms with Gasteiger partial charge < -0.3 is 5.73 Å². The van der Waals surface area contributed by atoms with Crippen LogP contribution in [0.5, 0.6) is 0 Å². The van der Waals surface area contributed by atoms with Crippen molar-refractivity contribution >= 4 is 15.9 Å². The summed E-state index contributed by atoms with van der Waals surface area (Å²) in [7, 11) is 0. The highest BCUT2D eigenvalue weighted by Crippen LogP contribution is 2.30. The van der Waals surface area contributed by atoms with E-state index in [1.165, 1.54) is 11.1 Å². The third-order valence-corrected chi connectivity index (χ3v) is 4.80. The van der Waals surface area contributed by atoms with Crippen LogP contribution >= 0.6 is 15.9 Å². The van der Waals surface area contributed by atoms with Gasteiger partial charge in [-0.3, -0.25) is 4.90 Å². The zero-order chi connectivity index (χ0) is 14.7. The van der Waals surface area contributed by atoms with Crippen LogP contribution in [-0.2, 0) is 12.1 Å². The van der Waals surface area contributed by atoms with Gasteiger partial charge in [0.1, 0.15) is 0 Å². The Balaban J connectivity index is 1.74. The van der Waals surface area contributed by atoms with Gasteiger partial charge >= 0.3 is 0 Å². The van der Waals surface area contributed by atoms with Crippen molar-refractivity contribution in [3.05, 3.63) is 70.2 Å². The number of rotatable bonds is 3. The molecule has 3 rings (SSSR count). The minimum absolute atomic E-state index is 0.228. The average molecular weight is 345 g/mol. The van der Waals surface area contributed by atoms with Gasteiger partial charge in [0.05, 0.1) is 5.54 Å². The second kappa shape index (κ2) is 6.30. The molecule has 3 heteroatoms. The summed E-state index contributed by atoms with van der Waals surface area (Å²) in [6.07, 6.45) is 2.21. The Kier molecular flexibility index (Phi) is 4.43. The Morgan fingerprint density at radius 1 is 1.05 bits per heavy atom. The summed E-state index contributed by atoms with van der Waals surface area (Å²) in [5, 5.41) is 0. The number of benzene rings is 2. The Hall–Kier alpha value is -1.16. The first-order chi connectivity index (χ1) is 10.2. The molecule has 0 bridgehead atoms. The molecule has 1 aliphatic heterocycles. The SMILES string of the molecule is NC1(c2ccc(Br)cc2)CCCN(Cc2ccccc2)C1. The van der Waals surface area contributed by atoms with Crippen molar-refractivity contribution in [1.82, 2.24) is 4.90 Å². The molecule has 1 fully saturated rings. The first kappa shape index (κ1) is 14.8. The molecular weight excluding hydrogens is 324 g/mol. The second-order valence-corrected chi connectivity index (χ2v) is 6.88. The molecular formula is C18H21BrN2. The van der Waals surface area contributed by atoms with Crippen LogP contribution in [0.15, 0.2) is 59.1 Å². The maximum absolute atomic E-state index is 6.72. The van der Waals surface area contributed by atoms with Crippen molar-refractivity contribution in [2.45, 2.75) is 24.9 Å². The minimum atomic E-state index is -0.228. The Morgan fingerprint density at radius 3 is 2.48 bits per heavy atom. The molecule has 0 amide bonds. The first-order valence-electron chi connectivity index (χ1n) is 7.47. The molecule has 1 aliphatic rings. The molecule has 0 radical (unpaired) electrons. The number of nitrogens with zero attached hydrogens (tertiary/aromatic N) is 1. The molecule has 1 unspecified atom stereocenters. The Labute approximate surface area is 135 Å². The standard InChI is InChI=1S/C18H21BrN2/c19-17-9-7-16(8-10-17)18(20)11-4-12-21(14-18)13-15-5-2-1-3-6-15/h1-3,5-10H,4,11-14,20H2. The number of hydrogen-bond donors (Lipinski definition) is 1. The van der Waals surface area contributed by atoms with Gasteiger partial charge in [0.2, 0.25) is 0 Å². The number of piperidine rings is 1. The highest BCUT2D eigenvalue weighted by molar-refractivity contribution is 9.10. The number of halogens is 1. The van der Waals surface area contributed by atoms with Crippen LogP contribution < -0.4 is 5.73 Å². The fourth-order valence-electron chi connectivity index (χ4n) is 3.17. The van der Waals surface area contributed by atoms with E-state index in [-0.39, 0.29) is 5.54 Å². The van der Waals surface area contributed by atoms with E-state index in [2.05, 4.69) is 75.4 Å². The topological polar surface area (TPSA) is 29.3 Å². The highest BCUT2D eigenvalue weighted by Gasteiger charge is 2.33. The molecule has 1 atom stereocenters. The van der Waals surface area contributed by atoms with Crippen molar-refractivity contribution in [2.24, 2.45) is 5.73 Å². The summed E-state index contributed by atoms with van der Waals surface area (Å²) >= 11 is 3.49. The van der Waals surface area contributed by atoms with Gasteiger partial charge in [-0.25, -0.2) is 0 Å². The maximum Gasteiger partial charge on any atom is 0.0539 e. The molecule has 2 aromatic rings. The van der Waals surface area contributed by atoms with Gasteiger partial charge in [-0.15, -0.1) is 0 Å². The fraction of sp³-hybridized carbons (Fsp3) is 0.333. The van der Waals surface area contributed by atoms with Crippen LogP contribution in [0, 0.1) is 0 Å². The lowest BCUT2D eigenvalue weighted by atomic mass is 9.83. The predicted octanol–water partition coefficient (Wildman–Crippen LogP) is 3.90. The van der Waals surface area contributed by atoms with E-state index in [9.17, 15) is 0 Å². The molecule has 0 spiro atoms. The smallest absolute Gasteiger partial charge is 0.0539 e. The van der Waals surface area contributed by atoms with Crippen molar-refractivity contribution in [3.8, 4) is 0 Å². The monoisotopic (exact) mass is 344 g/mol.